The van der Waals surface area contributed by atoms with Crippen LogP contribution in [0, 0.1) is 0 Å². The number of hydrogen-bond donors (Lipinski definition) is 1. The molecule has 0 bridgehead atoms. The maximum Gasteiger partial charge on any atom is 0.175 e. The molecule has 1 N–H and O–H groups in total. The molecule has 2 aromatic rings. The molecule has 0 spiro atoms. The Kier molecular flexibility index (Phi) is 3.73. The molecule has 1 unspecified atom stereocenters. The molecule has 1 aromatic carbocycles. The van der Waals surface area contributed by atoms with E-state index in [0.717, 1.165) is 11.9 Å². The first kappa shape index (κ1) is 13.8. The monoisotopic (exact) mass is 280 g/mol. The molecule has 0 aliphatic rings. The normalized spacial score (nSPS) is 13.4. The topological polar surface area (TPSA) is 72.2 Å². The van der Waals surface area contributed by atoms with E-state index in [1.54, 1.807) is 30.1 Å². The summed E-state index contributed by atoms with van der Waals surface area (Å²) in [4.78, 5) is 0.213. The highest BCUT2D eigenvalue weighted by Gasteiger charge is 2.13. The van der Waals surface area contributed by atoms with E-state index in [-0.39, 0.29) is 4.90 Å². The van der Waals surface area contributed by atoms with Gasteiger partial charge in [-0.15, -0.1) is 0 Å². The molecule has 5 nitrogen and oxygen atoms in total. The first-order chi connectivity index (χ1) is 8.86. The molecule has 1 atom stereocenters. The number of aliphatic hydroxyl groups is 1. The third kappa shape index (κ3) is 3.42. The van der Waals surface area contributed by atoms with Crippen molar-refractivity contribution >= 4 is 9.84 Å². The summed E-state index contributed by atoms with van der Waals surface area (Å²) in [6.45, 7) is 0. The maximum atomic E-state index is 11.5. The molecule has 0 fully saturated rings. The van der Waals surface area contributed by atoms with Gasteiger partial charge < -0.3 is 5.11 Å². The third-order valence-corrected chi connectivity index (χ3v) is 3.95. The molecule has 1 heterocycles. The standard InChI is InChI=1S/C13H16N2O3S/c1-15-7-6-11(14-15)9-13(16)10-4-3-5-12(8-10)19(2,17)18/h3-8,13,16H,9H2,1-2H3. The van der Waals surface area contributed by atoms with Gasteiger partial charge in [-0.1, -0.05) is 12.1 Å². The Balaban J connectivity index is 2.22. The van der Waals surface area contributed by atoms with Crippen LogP contribution in [0.3, 0.4) is 0 Å². The fourth-order valence-electron chi connectivity index (χ4n) is 1.84. The van der Waals surface area contributed by atoms with Crippen LogP contribution >= 0.6 is 0 Å². The summed E-state index contributed by atoms with van der Waals surface area (Å²) < 4.78 is 24.6. The minimum atomic E-state index is -3.26. The second-order valence-corrected chi connectivity index (χ2v) is 6.56. The number of hydrogen-bond acceptors (Lipinski definition) is 4. The molecule has 0 radical (unpaired) electrons. The lowest BCUT2D eigenvalue weighted by Crippen LogP contribution is -2.05. The quantitative estimate of drug-likeness (QED) is 0.910. The number of sulfone groups is 1. The van der Waals surface area contributed by atoms with Gasteiger partial charge in [0, 0.05) is 25.9 Å². The molecular formula is C13H16N2O3S. The number of nitrogens with zero attached hydrogens (tertiary/aromatic N) is 2. The van der Waals surface area contributed by atoms with Crippen molar-refractivity contribution in [3.63, 3.8) is 0 Å². The Morgan fingerprint density at radius 2 is 2.11 bits per heavy atom. The minimum absolute atomic E-state index is 0.213. The average Bonchev–Trinajstić information content (AvgIpc) is 2.74. The van der Waals surface area contributed by atoms with Crippen molar-refractivity contribution in [2.24, 2.45) is 7.05 Å². The zero-order chi connectivity index (χ0) is 14.0. The SMILES string of the molecule is Cn1ccc(CC(O)c2cccc(S(C)(=O)=O)c2)n1. The van der Waals surface area contributed by atoms with Gasteiger partial charge in [-0.05, 0) is 23.8 Å². The van der Waals surface area contributed by atoms with E-state index >= 15 is 0 Å². The zero-order valence-electron chi connectivity index (χ0n) is 10.8. The molecule has 102 valence electrons. The molecule has 0 aliphatic carbocycles. The molecule has 0 amide bonds. The molecule has 0 saturated carbocycles. The van der Waals surface area contributed by atoms with E-state index in [1.807, 2.05) is 6.07 Å². The van der Waals surface area contributed by atoms with E-state index in [4.69, 9.17) is 0 Å². The van der Waals surface area contributed by atoms with Crippen LogP contribution in [-0.2, 0) is 23.3 Å². The number of rotatable bonds is 4. The number of aromatic nitrogens is 2. The second kappa shape index (κ2) is 5.14. The van der Waals surface area contributed by atoms with E-state index in [9.17, 15) is 13.5 Å². The fraction of sp³-hybridized carbons (Fsp3) is 0.308. The van der Waals surface area contributed by atoms with Crippen LogP contribution in [-0.4, -0.2) is 29.6 Å². The number of benzene rings is 1. The van der Waals surface area contributed by atoms with Crippen LogP contribution in [0.1, 0.15) is 17.4 Å². The Hall–Kier alpha value is -1.66. The van der Waals surface area contributed by atoms with Crippen molar-refractivity contribution in [1.29, 1.82) is 0 Å². The lowest BCUT2D eigenvalue weighted by atomic mass is 10.1. The van der Waals surface area contributed by atoms with Gasteiger partial charge in [0.2, 0.25) is 0 Å². The van der Waals surface area contributed by atoms with Crippen LogP contribution in [0.5, 0.6) is 0 Å². The first-order valence-electron chi connectivity index (χ1n) is 5.83. The van der Waals surface area contributed by atoms with Gasteiger partial charge in [0.25, 0.3) is 0 Å². The predicted octanol–water partition coefficient (Wildman–Crippen LogP) is 1.10. The van der Waals surface area contributed by atoms with Gasteiger partial charge in [-0.3, -0.25) is 4.68 Å². The lowest BCUT2D eigenvalue weighted by molar-refractivity contribution is 0.176. The Bertz CT molecular complexity index is 677. The summed E-state index contributed by atoms with van der Waals surface area (Å²) in [6, 6.07) is 8.19. The third-order valence-electron chi connectivity index (χ3n) is 2.84. The van der Waals surface area contributed by atoms with Gasteiger partial charge in [0.15, 0.2) is 9.84 Å². The number of aryl methyl sites for hydroxylation is 1. The molecule has 6 heteroatoms. The highest BCUT2D eigenvalue weighted by atomic mass is 32.2. The van der Waals surface area contributed by atoms with Crippen molar-refractivity contribution < 1.29 is 13.5 Å². The minimum Gasteiger partial charge on any atom is -0.388 e. The van der Waals surface area contributed by atoms with Crippen LogP contribution in [0.4, 0.5) is 0 Å². The summed E-state index contributed by atoms with van der Waals surface area (Å²) in [5.74, 6) is 0. The largest absolute Gasteiger partial charge is 0.388 e. The van der Waals surface area contributed by atoms with Crippen molar-refractivity contribution in [3.05, 3.63) is 47.8 Å². The van der Waals surface area contributed by atoms with Crippen LogP contribution in [0.2, 0.25) is 0 Å². The average molecular weight is 280 g/mol. The van der Waals surface area contributed by atoms with Crippen LogP contribution in [0.15, 0.2) is 41.4 Å². The zero-order valence-corrected chi connectivity index (χ0v) is 11.6. The summed E-state index contributed by atoms with van der Waals surface area (Å²) in [7, 11) is -1.45. The Labute approximate surface area is 112 Å². The molecule has 2 rings (SSSR count). The predicted molar refractivity (Wildman–Crippen MR) is 71.4 cm³/mol. The van der Waals surface area contributed by atoms with Crippen LogP contribution < -0.4 is 0 Å². The Morgan fingerprint density at radius 3 is 2.68 bits per heavy atom. The van der Waals surface area contributed by atoms with Crippen LogP contribution in [0.25, 0.3) is 0 Å². The highest BCUT2D eigenvalue weighted by Crippen LogP contribution is 2.20. The van der Waals surface area contributed by atoms with Crippen molar-refractivity contribution in [3.8, 4) is 0 Å². The molecule has 0 saturated heterocycles. The molecular weight excluding hydrogens is 264 g/mol. The van der Waals surface area contributed by atoms with Gasteiger partial charge in [-0.2, -0.15) is 5.10 Å². The van der Waals surface area contributed by atoms with Crippen molar-refractivity contribution in [2.45, 2.75) is 17.4 Å². The lowest BCUT2D eigenvalue weighted by Gasteiger charge is -2.10. The van der Waals surface area contributed by atoms with Gasteiger partial charge >= 0.3 is 0 Å². The summed E-state index contributed by atoms with van der Waals surface area (Å²) in [6.07, 6.45) is 2.54. The van der Waals surface area contributed by atoms with E-state index < -0.39 is 15.9 Å². The van der Waals surface area contributed by atoms with E-state index in [2.05, 4.69) is 5.10 Å². The molecule has 0 aliphatic heterocycles. The van der Waals surface area contributed by atoms with Crippen molar-refractivity contribution in [2.75, 3.05) is 6.26 Å². The Morgan fingerprint density at radius 1 is 1.37 bits per heavy atom. The second-order valence-electron chi connectivity index (χ2n) is 4.55. The summed E-state index contributed by atoms with van der Waals surface area (Å²) in [5, 5.41) is 14.3. The molecule has 19 heavy (non-hydrogen) atoms. The highest BCUT2D eigenvalue weighted by molar-refractivity contribution is 7.90. The first-order valence-corrected chi connectivity index (χ1v) is 7.72. The van der Waals surface area contributed by atoms with E-state index in [0.29, 0.717) is 12.0 Å². The molecule has 1 aromatic heterocycles. The fourth-order valence-corrected chi connectivity index (χ4v) is 2.52. The summed E-state index contributed by atoms with van der Waals surface area (Å²) >= 11 is 0. The van der Waals surface area contributed by atoms with Gasteiger partial charge in [0.05, 0.1) is 16.7 Å². The summed E-state index contributed by atoms with van der Waals surface area (Å²) in [5.41, 5.74) is 1.34. The van der Waals surface area contributed by atoms with E-state index in [1.165, 1.54) is 12.1 Å². The van der Waals surface area contributed by atoms with Gasteiger partial charge in [0.1, 0.15) is 0 Å². The number of aliphatic hydroxyl groups excluding tert-OH is 1. The van der Waals surface area contributed by atoms with Gasteiger partial charge in [-0.25, -0.2) is 8.42 Å². The smallest absolute Gasteiger partial charge is 0.175 e. The van der Waals surface area contributed by atoms with Crippen molar-refractivity contribution in [1.82, 2.24) is 9.78 Å². The maximum absolute atomic E-state index is 11.5.